The molecule has 0 bridgehead atoms. The van der Waals surface area contributed by atoms with E-state index in [-0.39, 0.29) is 11.8 Å². The third kappa shape index (κ3) is 3.68. The fourth-order valence-electron chi connectivity index (χ4n) is 3.17. The Morgan fingerprint density at radius 1 is 1.25 bits per heavy atom. The van der Waals surface area contributed by atoms with Gasteiger partial charge in [0.05, 0.1) is 18.8 Å². The van der Waals surface area contributed by atoms with Gasteiger partial charge in [0.2, 0.25) is 5.95 Å². The van der Waals surface area contributed by atoms with Crippen LogP contribution in [0.15, 0.2) is 30.7 Å². The summed E-state index contributed by atoms with van der Waals surface area (Å²) in [6.07, 6.45) is 4.94. The summed E-state index contributed by atoms with van der Waals surface area (Å²) in [5.74, 6) is 0.888. The van der Waals surface area contributed by atoms with Crippen LogP contribution in [0.2, 0.25) is 0 Å². The fourth-order valence-corrected chi connectivity index (χ4v) is 3.17. The lowest BCUT2D eigenvalue weighted by atomic mass is 10.1. The minimum atomic E-state index is -2.98. The minimum Gasteiger partial charge on any atom is -0.497 e. The Balaban J connectivity index is 1.74. The number of nitrogens with one attached hydrogen (secondary N) is 1. The van der Waals surface area contributed by atoms with Crippen molar-refractivity contribution in [2.24, 2.45) is 0 Å². The molecule has 0 radical (unpaired) electrons. The number of methoxy groups -OCH3 is 1. The third-order valence-corrected chi connectivity index (χ3v) is 4.57. The van der Waals surface area contributed by atoms with E-state index in [0.717, 1.165) is 12.8 Å². The SMILES string of the molecule is COc1ccc(-c2nnc(NC3CCOCC3)n3cncc23)c(OC(F)F)c1. The van der Waals surface area contributed by atoms with E-state index in [0.29, 0.717) is 41.7 Å². The van der Waals surface area contributed by atoms with Crippen molar-refractivity contribution in [2.75, 3.05) is 25.6 Å². The summed E-state index contributed by atoms with van der Waals surface area (Å²) in [6, 6.07) is 4.87. The Morgan fingerprint density at radius 3 is 2.82 bits per heavy atom. The summed E-state index contributed by atoms with van der Waals surface area (Å²) in [7, 11) is 1.45. The van der Waals surface area contributed by atoms with E-state index in [1.54, 1.807) is 29.1 Å². The number of hydrogen-bond donors (Lipinski definition) is 1. The van der Waals surface area contributed by atoms with E-state index >= 15 is 0 Å². The van der Waals surface area contributed by atoms with E-state index in [1.807, 2.05) is 0 Å². The highest BCUT2D eigenvalue weighted by Gasteiger charge is 2.20. The zero-order valence-electron chi connectivity index (χ0n) is 15.1. The van der Waals surface area contributed by atoms with Crippen LogP contribution < -0.4 is 14.8 Å². The first-order chi connectivity index (χ1) is 13.7. The van der Waals surface area contributed by atoms with Crippen LogP contribution in [-0.4, -0.2) is 52.6 Å². The number of fused-ring (bicyclic) bond motifs is 1. The van der Waals surface area contributed by atoms with Gasteiger partial charge in [-0.05, 0) is 25.0 Å². The van der Waals surface area contributed by atoms with E-state index in [2.05, 4.69) is 25.2 Å². The molecule has 1 aliphatic rings. The number of alkyl halides is 2. The van der Waals surface area contributed by atoms with Gasteiger partial charge in [-0.3, -0.25) is 4.40 Å². The average Bonchev–Trinajstić information content (AvgIpc) is 3.19. The second-order valence-corrected chi connectivity index (χ2v) is 6.29. The molecule has 3 aromatic rings. The molecule has 3 heterocycles. The largest absolute Gasteiger partial charge is 0.497 e. The predicted octanol–water partition coefficient (Wildman–Crippen LogP) is 2.99. The van der Waals surface area contributed by atoms with Crippen molar-refractivity contribution in [1.82, 2.24) is 19.6 Å². The monoisotopic (exact) mass is 391 g/mol. The zero-order chi connectivity index (χ0) is 19.5. The predicted molar refractivity (Wildman–Crippen MR) is 96.9 cm³/mol. The number of hydrogen-bond acceptors (Lipinski definition) is 7. The molecular weight excluding hydrogens is 372 g/mol. The molecule has 0 amide bonds. The number of benzene rings is 1. The molecule has 148 valence electrons. The molecule has 8 nitrogen and oxygen atoms in total. The minimum absolute atomic E-state index is 0.0445. The number of ether oxygens (including phenoxy) is 3. The number of nitrogens with zero attached hydrogens (tertiary/aromatic N) is 4. The summed E-state index contributed by atoms with van der Waals surface area (Å²) >= 11 is 0. The molecule has 1 aliphatic heterocycles. The van der Waals surface area contributed by atoms with Crippen LogP contribution in [-0.2, 0) is 4.74 Å². The van der Waals surface area contributed by atoms with E-state index in [4.69, 9.17) is 9.47 Å². The smallest absolute Gasteiger partial charge is 0.387 e. The van der Waals surface area contributed by atoms with Crippen LogP contribution in [0.4, 0.5) is 14.7 Å². The molecule has 0 saturated carbocycles. The van der Waals surface area contributed by atoms with Gasteiger partial charge >= 0.3 is 6.61 Å². The van der Waals surface area contributed by atoms with Crippen LogP contribution in [0, 0.1) is 0 Å². The molecule has 28 heavy (non-hydrogen) atoms. The molecule has 1 fully saturated rings. The molecule has 1 saturated heterocycles. The topological polar surface area (TPSA) is 82.8 Å². The lowest BCUT2D eigenvalue weighted by molar-refractivity contribution is -0.0495. The summed E-state index contributed by atoms with van der Waals surface area (Å²) in [4.78, 5) is 4.17. The van der Waals surface area contributed by atoms with Gasteiger partial charge in [-0.25, -0.2) is 4.98 Å². The van der Waals surface area contributed by atoms with Crippen molar-refractivity contribution in [3.63, 3.8) is 0 Å². The van der Waals surface area contributed by atoms with Crippen molar-refractivity contribution in [1.29, 1.82) is 0 Å². The molecule has 1 N–H and O–H groups in total. The molecule has 0 spiro atoms. The molecule has 0 unspecified atom stereocenters. The third-order valence-electron chi connectivity index (χ3n) is 4.57. The van der Waals surface area contributed by atoms with Crippen molar-refractivity contribution >= 4 is 11.5 Å². The van der Waals surface area contributed by atoms with Gasteiger partial charge in [-0.2, -0.15) is 8.78 Å². The average molecular weight is 391 g/mol. The van der Waals surface area contributed by atoms with Gasteiger partial charge in [-0.1, -0.05) is 0 Å². The first-order valence-corrected chi connectivity index (χ1v) is 8.82. The molecule has 0 atom stereocenters. The van der Waals surface area contributed by atoms with Crippen LogP contribution in [0.25, 0.3) is 16.8 Å². The number of rotatable bonds is 6. The maximum absolute atomic E-state index is 12.9. The van der Waals surface area contributed by atoms with Crippen LogP contribution >= 0.6 is 0 Å². The molecule has 2 aromatic heterocycles. The summed E-state index contributed by atoms with van der Waals surface area (Å²) < 4.78 is 42.7. The van der Waals surface area contributed by atoms with Crippen molar-refractivity contribution < 1.29 is 23.0 Å². The van der Waals surface area contributed by atoms with Gasteiger partial charge in [0.15, 0.2) is 0 Å². The Kier molecular flexibility index (Phi) is 5.20. The quantitative estimate of drug-likeness (QED) is 0.692. The van der Waals surface area contributed by atoms with Gasteiger partial charge in [0.25, 0.3) is 0 Å². The summed E-state index contributed by atoms with van der Waals surface area (Å²) in [5.41, 5.74) is 1.37. The maximum Gasteiger partial charge on any atom is 0.387 e. The second kappa shape index (κ2) is 7.93. The van der Waals surface area contributed by atoms with Gasteiger partial charge in [0, 0.05) is 30.9 Å². The lowest BCUT2D eigenvalue weighted by Crippen LogP contribution is -2.29. The number of halogens is 2. The summed E-state index contributed by atoms with van der Waals surface area (Å²) in [5, 5.41) is 11.9. The highest BCUT2D eigenvalue weighted by Crippen LogP contribution is 2.35. The van der Waals surface area contributed by atoms with Gasteiger partial charge < -0.3 is 19.5 Å². The van der Waals surface area contributed by atoms with Crippen molar-refractivity contribution in [2.45, 2.75) is 25.5 Å². The molecule has 10 heteroatoms. The lowest BCUT2D eigenvalue weighted by Gasteiger charge is -2.23. The highest BCUT2D eigenvalue weighted by atomic mass is 19.3. The van der Waals surface area contributed by atoms with Gasteiger partial charge in [-0.15, -0.1) is 10.2 Å². The molecule has 4 rings (SSSR count). The van der Waals surface area contributed by atoms with E-state index < -0.39 is 6.61 Å². The first-order valence-electron chi connectivity index (χ1n) is 8.82. The number of imidazole rings is 1. The standard InChI is InChI=1S/C18H19F2N5O3/c1-26-12-2-3-13(15(8-12)28-17(19)20)16-14-9-21-10-25(14)18(24-23-16)22-11-4-6-27-7-5-11/h2-3,8-11,17H,4-7H2,1H3,(H,22,24). The maximum atomic E-state index is 12.9. The Morgan fingerprint density at radius 2 is 2.07 bits per heavy atom. The molecular formula is C18H19F2N5O3. The van der Waals surface area contributed by atoms with Crippen molar-refractivity contribution in [3.8, 4) is 22.8 Å². The number of aromatic nitrogens is 4. The first kappa shape index (κ1) is 18.4. The van der Waals surface area contributed by atoms with E-state index in [1.165, 1.54) is 13.2 Å². The summed E-state index contributed by atoms with van der Waals surface area (Å²) in [6.45, 7) is -1.60. The molecule has 1 aromatic carbocycles. The molecule has 0 aliphatic carbocycles. The van der Waals surface area contributed by atoms with Crippen LogP contribution in [0.5, 0.6) is 11.5 Å². The highest BCUT2D eigenvalue weighted by molar-refractivity contribution is 5.81. The Labute approximate surface area is 159 Å². The fraction of sp³-hybridized carbons (Fsp3) is 0.389. The Hall–Kier alpha value is -3.01. The van der Waals surface area contributed by atoms with Crippen LogP contribution in [0.1, 0.15) is 12.8 Å². The number of anilines is 1. The Bertz CT molecular complexity index is 960. The van der Waals surface area contributed by atoms with Gasteiger partial charge in [0.1, 0.15) is 23.5 Å². The van der Waals surface area contributed by atoms with E-state index in [9.17, 15) is 8.78 Å². The zero-order valence-corrected chi connectivity index (χ0v) is 15.1. The normalized spacial score (nSPS) is 15.1. The van der Waals surface area contributed by atoms with Crippen LogP contribution in [0.3, 0.4) is 0 Å². The van der Waals surface area contributed by atoms with Crippen molar-refractivity contribution in [3.05, 3.63) is 30.7 Å². The second-order valence-electron chi connectivity index (χ2n) is 6.29.